The van der Waals surface area contributed by atoms with Crippen LogP contribution in [0, 0.1) is 13.8 Å². The van der Waals surface area contributed by atoms with Crippen molar-refractivity contribution in [3.63, 3.8) is 0 Å². The monoisotopic (exact) mass is 254 g/mol. The van der Waals surface area contributed by atoms with Crippen LogP contribution < -0.4 is 0 Å². The van der Waals surface area contributed by atoms with E-state index in [2.05, 4.69) is 53.7 Å². The molecular weight excluding hydrogens is 232 g/mol. The Morgan fingerprint density at radius 1 is 0.750 bits per heavy atom. The van der Waals surface area contributed by atoms with E-state index in [0.29, 0.717) is 10.5 Å². The summed E-state index contributed by atoms with van der Waals surface area (Å²) < 4.78 is 0. The topological polar surface area (TPSA) is 0 Å². The molecule has 0 unspecified atom stereocenters. The summed E-state index contributed by atoms with van der Waals surface area (Å²) in [5, 5.41) is 1.31. The molecule has 0 aliphatic carbocycles. The molecule has 1 aromatic rings. The van der Waals surface area contributed by atoms with Crippen molar-refractivity contribution in [1.82, 2.24) is 0 Å². The predicted molar refractivity (Wildman–Crippen MR) is 77.9 cm³/mol. The van der Waals surface area contributed by atoms with E-state index in [9.17, 15) is 0 Å². The second kappa shape index (κ2) is 6.02. The van der Waals surface area contributed by atoms with Crippen molar-refractivity contribution in [1.29, 1.82) is 0 Å². The maximum atomic E-state index is 2.34. The lowest BCUT2D eigenvalue weighted by molar-refractivity contribution is 1.08. The molecule has 0 aliphatic heterocycles. The predicted octanol–water partition coefficient (Wildman–Crippen LogP) is 5.30. The Bertz CT molecular complexity index is 318. The van der Waals surface area contributed by atoms with Gasteiger partial charge in [0.2, 0.25) is 0 Å². The van der Waals surface area contributed by atoms with Gasteiger partial charge in [0, 0.05) is 20.3 Å². The molecule has 0 amide bonds. The smallest absolute Gasteiger partial charge is 0.0107 e. The summed E-state index contributed by atoms with van der Waals surface area (Å²) in [7, 11) is 0. The molecule has 1 rings (SSSR count). The maximum absolute atomic E-state index is 2.34. The Morgan fingerprint density at radius 3 is 1.31 bits per heavy atom. The van der Waals surface area contributed by atoms with E-state index in [1.165, 1.54) is 20.9 Å². The van der Waals surface area contributed by atoms with Crippen LogP contribution in [0.25, 0.3) is 0 Å². The molecule has 0 fully saturated rings. The minimum absolute atomic E-state index is 0.654. The first-order valence-electron chi connectivity index (χ1n) is 5.84. The fourth-order valence-corrected chi connectivity index (χ4v) is 3.52. The van der Waals surface area contributed by atoms with Crippen molar-refractivity contribution < 1.29 is 0 Å². The largest absolute Gasteiger partial charge is 0.123 e. The van der Waals surface area contributed by atoms with Gasteiger partial charge in [-0.15, -0.1) is 23.5 Å². The van der Waals surface area contributed by atoms with Crippen LogP contribution >= 0.6 is 23.5 Å². The third-order valence-corrected chi connectivity index (χ3v) is 4.53. The fourth-order valence-electron chi connectivity index (χ4n) is 1.53. The van der Waals surface area contributed by atoms with E-state index in [4.69, 9.17) is 0 Å². The Morgan fingerprint density at radius 2 is 1.06 bits per heavy atom. The standard InChI is InChI=1S/C14H22S2/c1-9(2)15-13-7-12(6)14(8-11(13)5)16-10(3)4/h7-10H,1-6H3. The lowest BCUT2D eigenvalue weighted by atomic mass is 10.2. The van der Waals surface area contributed by atoms with Crippen molar-refractivity contribution in [3.8, 4) is 0 Å². The lowest BCUT2D eigenvalue weighted by Gasteiger charge is -2.14. The minimum atomic E-state index is 0.654. The lowest BCUT2D eigenvalue weighted by Crippen LogP contribution is -1.93. The molecule has 0 radical (unpaired) electrons. The summed E-state index contributed by atoms with van der Waals surface area (Å²) in [5.74, 6) is 0. The summed E-state index contributed by atoms with van der Waals surface area (Å²) in [5.41, 5.74) is 2.82. The van der Waals surface area contributed by atoms with Crippen LogP contribution in [-0.4, -0.2) is 10.5 Å². The van der Waals surface area contributed by atoms with Crippen LogP contribution in [0.2, 0.25) is 0 Å². The number of rotatable bonds is 4. The Kier molecular flexibility index (Phi) is 5.26. The van der Waals surface area contributed by atoms with Crippen LogP contribution in [0.5, 0.6) is 0 Å². The zero-order valence-corrected chi connectivity index (χ0v) is 12.8. The van der Waals surface area contributed by atoms with Crippen molar-refractivity contribution in [3.05, 3.63) is 23.3 Å². The van der Waals surface area contributed by atoms with Gasteiger partial charge in [0.05, 0.1) is 0 Å². The second-order valence-corrected chi connectivity index (χ2v) is 7.95. The van der Waals surface area contributed by atoms with Crippen LogP contribution in [0.1, 0.15) is 38.8 Å². The zero-order valence-electron chi connectivity index (χ0n) is 11.1. The van der Waals surface area contributed by atoms with Crippen LogP contribution in [-0.2, 0) is 0 Å². The Hall–Kier alpha value is -0.0800. The van der Waals surface area contributed by atoms with E-state index >= 15 is 0 Å². The van der Waals surface area contributed by atoms with E-state index in [-0.39, 0.29) is 0 Å². The Labute approximate surface area is 109 Å². The van der Waals surface area contributed by atoms with Gasteiger partial charge in [-0.2, -0.15) is 0 Å². The Balaban J connectivity index is 2.97. The number of hydrogen-bond donors (Lipinski definition) is 0. The van der Waals surface area contributed by atoms with E-state index in [1.807, 2.05) is 23.5 Å². The third kappa shape index (κ3) is 4.06. The highest BCUT2D eigenvalue weighted by Gasteiger charge is 2.08. The molecule has 2 heteroatoms. The minimum Gasteiger partial charge on any atom is -0.123 e. The summed E-state index contributed by atoms with van der Waals surface area (Å²) in [6.45, 7) is 13.4. The quantitative estimate of drug-likeness (QED) is 0.668. The highest BCUT2D eigenvalue weighted by molar-refractivity contribution is 8.00. The van der Waals surface area contributed by atoms with Crippen LogP contribution in [0.3, 0.4) is 0 Å². The number of thioether (sulfide) groups is 2. The molecule has 0 atom stereocenters. The third-order valence-electron chi connectivity index (χ3n) is 2.20. The number of hydrogen-bond acceptors (Lipinski definition) is 2. The van der Waals surface area contributed by atoms with Crippen molar-refractivity contribution >= 4 is 23.5 Å². The molecule has 0 heterocycles. The summed E-state index contributed by atoms with van der Waals surface area (Å²) in [4.78, 5) is 2.86. The molecule has 1 aromatic carbocycles. The average molecular weight is 254 g/mol. The number of aryl methyl sites for hydroxylation is 2. The van der Waals surface area contributed by atoms with Gasteiger partial charge in [-0.3, -0.25) is 0 Å². The first-order valence-corrected chi connectivity index (χ1v) is 7.60. The van der Waals surface area contributed by atoms with Crippen molar-refractivity contribution in [2.75, 3.05) is 0 Å². The molecule has 0 aromatic heterocycles. The van der Waals surface area contributed by atoms with Crippen LogP contribution in [0.4, 0.5) is 0 Å². The van der Waals surface area contributed by atoms with Crippen molar-refractivity contribution in [2.45, 2.75) is 61.8 Å². The highest BCUT2D eigenvalue weighted by Crippen LogP contribution is 2.33. The molecule has 0 spiro atoms. The van der Waals surface area contributed by atoms with Gasteiger partial charge < -0.3 is 0 Å². The van der Waals surface area contributed by atoms with Gasteiger partial charge in [-0.25, -0.2) is 0 Å². The zero-order chi connectivity index (χ0) is 12.3. The number of benzene rings is 1. The van der Waals surface area contributed by atoms with Gasteiger partial charge in [0.1, 0.15) is 0 Å². The van der Waals surface area contributed by atoms with Gasteiger partial charge in [0.15, 0.2) is 0 Å². The summed E-state index contributed by atoms with van der Waals surface area (Å²) in [6.07, 6.45) is 0. The summed E-state index contributed by atoms with van der Waals surface area (Å²) >= 11 is 3.92. The molecule has 90 valence electrons. The highest BCUT2D eigenvalue weighted by atomic mass is 32.2. The van der Waals surface area contributed by atoms with Crippen LogP contribution in [0.15, 0.2) is 21.9 Å². The van der Waals surface area contributed by atoms with Gasteiger partial charge >= 0.3 is 0 Å². The molecule has 16 heavy (non-hydrogen) atoms. The normalized spacial score (nSPS) is 11.5. The van der Waals surface area contributed by atoms with E-state index < -0.39 is 0 Å². The first kappa shape index (κ1) is 14.0. The second-order valence-electron chi connectivity index (χ2n) is 4.72. The fraction of sp³-hybridized carbons (Fsp3) is 0.571. The molecule has 0 bridgehead atoms. The van der Waals surface area contributed by atoms with E-state index in [1.54, 1.807) is 0 Å². The SMILES string of the molecule is Cc1cc(SC(C)C)c(C)cc1SC(C)C. The first-order chi connectivity index (χ1) is 7.40. The average Bonchev–Trinajstić information content (AvgIpc) is 2.11. The molecule has 0 saturated carbocycles. The maximum Gasteiger partial charge on any atom is 0.0107 e. The molecule has 0 N–H and O–H groups in total. The van der Waals surface area contributed by atoms with Crippen molar-refractivity contribution in [2.24, 2.45) is 0 Å². The van der Waals surface area contributed by atoms with Gasteiger partial charge in [-0.1, -0.05) is 27.7 Å². The van der Waals surface area contributed by atoms with Gasteiger partial charge in [-0.05, 0) is 37.1 Å². The molecular formula is C14H22S2. The van der Waals surface area contributed by atoms with Gasteiger partial charge in [0.25, 0.3) is 0 Å². The van der Waals surface area contributed by atoms with E-state index in [0.717, 1.165) is 0 Å². The summed E-state index contributed by atoms with van der Waals surface area (Å²) in [6, 6.07) is 4.68. The molecule has 0 aliphatic rings. The molecule has 0 nitrogen and oxygen atoms in total. The molecule has 0 saturated heterocycles.